The maximum atomic E-state index is 10.6. The summed E-state index contributed by atoms with van der Waals surface area (Å²) in [6.07, 6.45) is 19.9. The number of hydrogen-bond donors (Lipinski definition) is 2. The number of allylic oxidation sites excluding steroid dienone is 3. The third-order valence-corrected chi connectivity index (χ3v) is 6.66. The molecule has 0 spiro atoms. The van der Waals surface area contributed by atoms with Crippen LogP contribution in [0.15, 0.2) is 24.3 Å². The Hall–Kier alpha value is -1.13. The molecule has 3 aliphatic rings. The summed E-state index contributed by atoms with van der Waals surface area (Å²) in [7, 11) is 0. The van der Waals surface area contributed by atoms with E-state index in [0.29, 0.717) is 30.0 Å². The second kappa shape index (κ2) is 9.70. The molecule has 2 N–H and O–H groups in total. The van der Waals surface area contributed by atoms with Gasteiger partial charge in [0.2, 0.25) is 0 Å². The highest BCUT2D eigenvalue weighted by atomic mass is 16.5. The minimum absolute atomic E-state index is 0.0727. The lowest BCUT2D eigenvalue weighted by Crippen LogP contribution is -2.29. The molecular formula is C22H34O4. The lowest BCUT2D eigenvalue weighted by atomic mass is 9.74. The SMILES string of the molecule is O=C(O)CC=CC=CC[C@H]1[C@@H](CCC(O)C2CCCCC2)[C@H]2CC[C@@H]1O2. The van der Waals surface area contributed by atoms with Crippen LogP contribution in [-0.4, -0.2) is 34.5 Å². The number of rotatable bonds is 9. The number of aliphatic hydroxyl groups excluding tert-OH is 1. The Balaban J connectivity index is 1.46. The molecular weight excluding hydrogens is 328 g/mol. The van der Waals surface area contributed by atoms with Crippen LogP contribution in [0, 0.1) is 17.8 Å². The van der Waals surface area contributed by atoms with E-state index in [2.05, 4.69) is 6.08 Å². The summed E-state index contributed by atoms with van der Waals surface area (Å²) in [5, 5.41) is 19.2. The van der Waals surface area contributed by atoms with Crippen molar-refractivity contribution in [1.82, 2.24) is 0 Å². The minimum atomic E-state index is -0.798. The van der Waals surface area contributed by atoms with Gasteiger partial charge in [-0.2, -0.15) is 0 Å². The van der Waals surface area contributed by atoms with Gasteiger partial charge in [-0.05, 0) is 62.7 Å². The Labute approximate surface area is 157 Å². The Morgan fingerprint density at radius 1 is 1.00 bits per heavy atom. The first kappa shape index (κ1) is 19.6. The third-order valence-electron chi connectivity index (χ3n) is 6.66. The zero-order valence-corrected chi connectivity index (χ0v) is 15.8. The van der Waals surface area contributed by atoms with Gasteiger partial charge >= 0.3 is 5.97 Å². The summed E-state index contributed by atoms with van der Waals surface area (Å²) in [5.74, 6) is 0.838. The lowest BCUT2D eigenvalue weighted by Gasteiger charge is -2.31. The Bertz CT molecular complexity index is 506. The molecule has 1 aliphatic carbocycles. The number of carbonyl (C=O) groups is 1. The van der Waals surface area contributed by atoms with Crippen LogP contribution in [0.25, 0.3) is 0 Å². The number of hydrogen-bond acceptors (Lipinski definition) is 3. The fraction of sp³-hybridized carbons (Fsp3) is 0.773. The summed E-state index contributed by atoms with van der Waals surface area (Å²) >= 11 is 0. The van der Waals surface area contributed by atoms with Gasteiger partial charge in [0.1, 0.15) is 0 Å². The number of carboxylic acid groups (broad SMARTS) is 1. The summed E-state index contributed by atoms with van der Waals surface area (Å²) < 4.78 is 6.17. The van der Waals surface area contributed by atoms with Crippen molar-refractivity contribution in [2.75, 3.05) is 0 Å². The molecule has 0 radical (unpaired) electrons. The van der Waals surface area contributed by atoms with Crippen LogP contribution in [0.5, 0.6) is 0 Å². The van der Waals surface area contributed by atoms with Crippen LogP contribution in [0.1, 0.15) is 70.6 Å². The maximum absolute atomic E-state index is 10.6. The Kier molecular flexibility index (Phi) is 7.32. The first-order chi connectivity index (χ1) is 12.6. The van der Waals surface area contributed by atoms with E-state index in [-0.39, 0.29) is 12.5 Å². The molecule has 5 atom stereocenters. The topological polar surface area (TPSA) is 66.8 Å². The molecule has 3 rings (SSSR count). The van der Waals surface area contributed by atoms with Crippen molar-refractivity contribution in [3.63, 3.8) is 0 Å². The molecule has 0 aromatic rings. The van der Waals surface area contributed by atoms with Gasteiger partial charge in [-0.15, -0.1) is 0 Å². The predicted octanol–water partition coefficient (Wildman–Crippen LogP) is 4.48. The average Bonchev–Trinajstić information content (AvgIpc) is 3.24. The van der Waals surface area contributed by atoms with E-state index in [0.717, 1.165) is 19.3 Å². The van der Waals surface area contributed by atoms with Gasteiger partial charge in [0.25, 0.3) is 0 Å². The molecule has 2 heterocycles. The summed E-state index contributed by atoms with van der Waals surface area (Å²) in [6.45, 7) is 0. The molecule has 146 valence electrons. The lowest BCUT2D eigenvalue weighted by molar-refractivity contribution is -0.136. The number of aliphatic hydroxyl groups is 1. The second-order valence-electron chi connectivity index (χ2n) is 8.35. The molecule has 0 amide bonds. The van der Waals surface area contributed by atoms with Gasteiger partial charge in [0.15, 0.2) is 0 Å². The third kappa shape index (κ3) is 5.20. The summed E-state index contributed by atoms with van der Waals surface area (Å²) in [6, 6.07) is 0. The van der Waals surface area contributed by atoms with E-state index >= 15 is 0 Å². The number of aliphatic carboxylic acids is 1. The van der Waals surface area contributed by atoms with Crippen molar-refractivity contribution in [3.8, 4) is 0 Å². The molecule has 1 saturated carbocycles. The smallest absolute Gasteiger partial charge is 0.307 e. The highest BCUT2D eigenvalue weighted by Crippen LogP contribution is 2.47. The van der Waals surface area contributed by atoms with Crippen molar-refractivity contribution in [3.05, 3.63) is 24.3 Å². The van der Waals surface area contributed by atoms with E-state index in [1.165, 1.54) is 44.9 Å². The van der Waals surface area contributed by atoms with Gasteiger partial charge in [-0.1, -0.05) is 43.6 Å². The molecule has 0 aromatic carbocycles. The quantitative estimate of drug-likeness (QED) is 0.594. The van der Waals surface area contributed by atoms with Gasteiger partial charge in [0.05, 0.1) is 24.7 Å². The van der Waals surface area contributed by atoms with E-state index in [1.807, 2.05) is 12.2 Å². The minimum Gasteiger partial charge on any atom is -0.481 e. The van der Waals surface area contributed by atoms with Crippen LogP contribution in [0.3, 0.4) is 0 Å². The molecule has 2 aliphatic heterocycles. The molecule has 0 aromatic heterocycles. The Morgan fingerprint density at radius 3 is 2.42 bits per heavy atom. The van der Waals surface area contributed by atoms with Crippen LogP contribution < -0.4 is 0 Å². The molecule has 26 heavy (non-hydrogen) atoms. The molecule has 3 fully saturated rings. The van der Waals surface area contributed by atoms with Crippen LogP contribution in [0.2, 0.25) is 0 Å². The Morgan fingerprint density at radius 2 is 1.69 bits per heavy atom. The fourth-order valence-corrected chi connectivity index (χ4v) is 5.28. The van der Waals surface area contributed by atoms with E-state index in [4.69, 9.17) is 9.84 Å². The molecule has 4 nitrogen and oxygen atoms in total. The first-order valence-corrected chi connectivity index (χ1v) is 10.5. The van der Waals surface area contributed by atoms with Gasteiger partial charge in [-0.3, -0.25) is 4.79 Å². The zero-order valence-electron chi connectivity index (χ0n) is 15.8. The van der Waals surface area contributed by atoms with Crippen LogP contribution >= 0.6 is 0 Å². The van der Waals surface area contributed by atoms with E-state index in [1.54, 1.807) is 6.08 Å². The summed E-state index contributed by atoms with van der Waals surface area (Å²) in [4.78, 5) is 10.5. The van der Waals surface area contributed by atoms with Crippen molar-refractivity contribution in [1.29, 1.82) is 0 Å². The number of fused-ring (bicyclic) bond motifs is 2. The van der Waals surface area contributed by atoms with Gasteiger partial charge < -0.3 is 14.9 Å². The van der Waals surface area contributed by atoms with Crippen molar-refractivity contribution < 1.29 is 19.7 Å². The molecule has 4 heteroatoms. The van der Waals surface area contributed by atoms with Crippen LogP contribution in [-0.2, 0) is 9.53 Å². The predicted molar refractivity (Wildman–Crippen MR) is 102 cm³/mol. The molecule has 2 bridgehead atoms. The largest absolute Gasteiger partial charge is 0.481 e. The number of ether oxygens (including phenoxy) is 1. The molecule has 2 saturated heterocycles. The molecule has 1 unspecified atom stereocenters. The van der Waals surface area contributed by atoms with Gasteiger partial charge in [-0.25, -0.2) is 0 Å². The van der Waals surface area contributed by atoms with Crippen molar-refractivity contribution in [2.24, 2.45) is 17.8 Å². The highest BCUT2D eigenvalue weighted by Gasteiger charge is 2.47. The number of carboxylic acids is 1. The first-order valence-electron chi connectivity index (χ1n) is 10.5. The van der Waals surface area contributed by atoms with Crippen molar-refractivity contribution >= 4 is 5.97 Å². The zero-order chi connectivity index (χ0) is 18.4. The van der Waals surface area contributed by atoms with Crippen molar-refractivity contribution in [2.45, 2.75) is 88.9 Å². The standard InChI is InChI=1S/C22H34O4/c23-19(16-8-4-3-5-9-16)13-12-18-17(20-14-15-21(18)26-20)10-6-1-2-7-11-22(24)25/h1-2,6-7,16-21,23H,3-5,8-15H2,(H,24,25)/t17-,18+,19?,20-,21+/m0/s1. The highest BCUT2D eigenvalue weighted by molar-refractivity contribution is 5.68. The van der Waals surface area contributed by atoms with Crippen LogP contribution in [0.4, 0.5) is 0 Å². The van der Waals surface area contributed by atoms with Gasteiger partial charge in [0, 0.05) is 0 Å². The maximum Gasteiger partial charge on any atom is 0.307 e. The summed E-state index contributed by atoms with van der Waals surface area (Å²) in [5.41, 5.74) is 0. The average molecular weight is 363 g/mol. The normalized spacial score (nSPS) is 33.4. The second-order valence-corrected chi connectivity index (χ2v) is 8.35. The monoisotopic (exact) mass is 362 g/mol. The fourth-order valence-electron chi connectivity index (χ4n) is 5.28. The van der Waals surface area contributed by atoms with E-state index in [9.17, 15) is 9.90 Å². The van der Waals surface area contributed by atoms with E-state index < -0.39 is 5.97 Å².